The summed E-state index contributed by atoms with van der Waals surface area (Å²) in [4.78, 5) is 11.4. The molecule has 1 aromatic heterocycles. The van der Waals surface area contributed by atoms with Crippen LogP contribution in [-0.2, 0) is 11.4 Å². The van der Waals surface area contributed by atoms with Crippen molar-refractivity contribution in [2.24, 2.45) is 0 Å². The molecule has 0 unspecified atom stereocenters. The number of aromatic hydroxyl groups is 2. The Morgan fingerprint density at radius 3 is 2.58 bits per heavy atom. The van der Waals surface area contributed by atoms with E-state index in [1.807, 2.05) is 0 Å². The Kier molecular flexibility index (Phi) is 3.61. The molecule has 0 amide bonds. The van der Waals surface area contributed by atoms with Gasteiger partial charge < -0.3 is 20.3 Å². The molecule has 0 aliphatic heterocycles. The summed E-state index contributed by atoms with van der Waals surface area (Å²) in [6, 6.07) is 9.53. The van der Waals surface area contributed by atoms with Crippen molar-refractivity contribution in [3.63, 3.8) is 0 Å². The molecule has 0 saturated heterocycles. The fraction of sp³-hybridized carbons (Fsp3) is 0.154. The van der Waals surface area contributed by atoms with E-state index in [4.69, 9.17) is 0 Å². The van der Waals surface area contributed by atoms with E-state index < -0.39 is 5.97 Å². The molecule has 0 radical (unpaired) electrons. The van der Waals surface area contributed by atoms with E-state index in [9.17, 15) is 15.0 Å². The normalized spacial score (nSPS) is 10.2. The van der Waals surface area contributed by atoms with Gasteiger partial charge in [0.15, 0.2) is 11.8 Å². The number of methoxy groups -OCH3 is 1. The smallest absolute Gasteiger partial charge is 0.337 e. The summed E-state index contributed by atoms with van der Waals surface area (Å²) in [5.41, 5.74) is 1.10. The third kappa shape index (κ3) is 2.79. The molecule has 0 aliphatic carbocycles. The van der Waals surface area contributed by atoms with Gasteiger partial charge in [0, 0.05) is 17.8 Å². The van der Waals surface area contributed by atoms with Crippen LogP contribution in [0.15, 0.2) is 36.4 Å². The quantitative estimate of drug-likeness (QED) is 0.731. The highest BCUT2D eigenvalue weighted by Gasteiger charge is 2.07. The number of ether oxygens (including phenoxy) is 1. The van der Waals surface area contributed by atoms with Gasteiger partial charge in [0.1, 0.15) is 0 Å². The van der Waals surface area contributed by atoms with Crippen LogP contribution in [0.1, 0.15) is 10.4 Å². The number of nitrogens with one attached hydrogen (secondary N) is 1. The maximum absolute atomic E-state index is 11.4. The van der Waals surface area contributed by atoms with E-state index in [1.165, 1.54) is 23.8 Å². The minimum atomic E-state index is -0.421. The van der Waals surface area contributed by atoms with E-state index in [0.717, 1.165) is 0 Å². The van der Waals surface area contributed by atoms with E-state index in [0.29, 0.717) is 11.3 Å². The number of benzene rings is 1. The van der Waals surface area contributed by atoms with Crippen molar-refractivity contribution in [3.8, 4) is 11.8 Å². The fourth-order valence-corrected chi connectivity index (χ4v) is 1.65. The van der Waals surface area contributed by atoms with Crippen LogP contribution in [0, 0.1) is 0 Å². The van der Waals surface area contributed by atoms with Crippen molar-refractivity contribution < 1.29 is 19.7 Å². The second-order valence-corrected chi connectivity index (χ2v) is 3.89. The highest BCUT2D eigenvalue weighted by atomic mass is 16.5. The van der Waals surface area contributed by atoms with Crippen LogP contribution in [0.25, 0.3) is 0 Å². The Labute approximate surface area is 109 Å². The number of carbonyl (C=O) groups is 1. The second-order valence-electron chi connectivity index (χ2n) is 3.89. The number of nitrogens with zero attached hydrogens (tertiary/aromatic N) is 1. The molecule has 6 heteroatoms. The number of aromatic nitrogens is 1. The zero-order valence-electron chi connectivity index (χ0n) is 10.3. The van der Waals surface area contributed by atoms with Crippen molar-refractivity contribution in [3.05, 3.63) is 42.0 Å². The van der Waals surface area contributed by atoms with Crippen molar-refractivity contribution in [1.82, 2.24) is 4.57 Å². The van der Waals surface area contributed by atoms with E-state index in [2.05, 4.69) is 10.1 Å². The molecule has 2 rings (SSSR count). The summed E-state index contributed by atoms with van der Waals surface area (Å²) in [5, 5.41) is 21.9. The highest BCUT2D eigenvalue weighted by Crippen LogP contribution is 2.21. The summed E-state index contributed by atoms with van der Waals surface area (Å²) < 4.78 is 5.91. The lowest BCUT2D eigenvalue weighted by Crippen LogP contribution is -2.08. The van der Waals surface area contributed by atoms with Gasteiger partial charge in [0.05, 0.1) is 19.3 Å². The van der Waals surface area contributed by atoms with Gasteiger partial charge in [0.2, 0.25) is 0 Å². The molecule has 0 aliphatic rings. The average Bonchev–Trinajstić information content (AvgIpc) is 2.75. The Hall–Kier alpha value is -2.63. The monoisotopic (exact) mass is 262 g/mol. The molecule has 0 spiro atoms. The Morgan fingerprint density at radius 2 is 1.95 bits per heavy atom. The van der Waals surface area contributed by atoms with Crippen molar-refractivity contribution >= 4 is 11.7 Å². The third-order valence-corrected chi connectivity index (χ3v) is 2.66. The molecule has 19 heavy (non-hydrogen) atoms. The first-order chi connectivity index (χ1) is 9.11. The summed E-state index contributed by atoms with van der Waals surface area (Å²) >= 11 is 0. The highest BCUT2D eigenvalue weighted by molar-refractivity contribution is 5.90. The van der Waals surface area contributed by atoms with Crippen LogP contribution in [0.3, 0.4) is 0 Å². The maximum Gasteiger partial charge on any atom is 0.337 e. The van der Waals surface area contributed by atoms with Crippen molar-refractivity contribution in [1.29, 1.82) is 0 Å². The Bertz CT molecular complexity index is 573. The lowest BCUT2D eigenvalue weighted by molar-refractivity contribution is 0.0601. The number of hydrogen-bond donors (Lipinski definition) is 3. The van der Waals surface area contributed by atoms with Gasteiger partial charge in [-0.2, -0.15) is 0 Å². The Balaban J connectivity index is 2.10. The SMILES string of the molecule is COC(=O)c1cccc(NCn2c(O)ccc2O)c1. The van der Waals surface area contributed by atoms with Gasteiger partial charge >= 0.3 is 5.97 Å². The minimum Gasteiger partial charge on any atom is -0.494 e. The molecular formula is C13H14N2O4. The first kappa shape index (κ1) is 12.8. The van der Waals surface area contributed by atoms with E-state index in [1.54, 1.807) is 24.3 Å². The molecule has 6 nitrogen and oxygen atoms in total. The molecule has 1 aromatic carbocycles. The van der Waals surface area contributed by atoms with Crippen LogP contribution in [0.5, 0.6) is 11.8 Å². The number of hydrogen-bond acceptors (Lipinski definition) is 5. The molecule has 2 aromatic rings. The van der Waals surface area contributed by atoms with Gasteiger partial charge in [-0.3, -0.25) is 4.57 Å². The van der Waals surface area contributed by atoms with Crippen LogP contribution in [0.4, 0.5) is 5.69 Å². The van der Waals surface area contributed by atoms with Gasteiger partial charge in [0.25, 0.3) is 0 Å². The molecule has 100 valence electrons. The lowest BCUT2D eigenvalue weighted by Gasteiger charge is -2.10. The van der Waals surface area contributed by atoms with Gasteiger partial charge in [-0.15, -0.1) is 0 Å². The van der Waals surface area contributed by atoms with Crippen LogP contribution in [0.2, 0.25) is 0 Å². The molecule has 3 N–H and O–H groups in total. The van der Waals surface area contributed by atoms with Crippen LogP contribution in [-0.4, -0.2) is 27.9 Å². The molecule has 0 fully saturated rings. The topological polar surface area (TPSA) is 83.7 Å². The third-order valence-electron chi connectivity index (χ3n) is 2.66. The van der Waals surface area contributed by atoms with Gasteiger partial charge in [-0.1, -0.05) is 6.07 Å². The van der Waals surface area contributed by atoms with Crippen molar-refractivity contribution in [2.45, 2.75) is 6.67 Å². The number of anilines is 1. The molecule has 1 heterocycles. The van der Waals surface area contributed by atoms with E-state index >= 15 is 0 Å². The lowest BCUT2D eigenvalue weighted by atomic mass is 10.2. The second kappa shape index (κ2) is 5.34. The zero-order valence-corrected chi connectivity index (χ0v) is 10.3. The summed E-state index contributed by atoms with van der Waals surface area (Å²) in [7, 11) is 1.32. The standard InChI is InChI=1S/C13H14N2O4/c1-19-13(18)9-3-2-4-10(7-9)14-8-15-11(16)5-6-12(15)17/h2-7,14,16-17H,8H2,1H3. The predicted octanol–water partition coefficient (Wildman–Crippen LogP) is 1.76. The first-order valence-electron chi connectivity index (χ1n) is 5.61. The Morgan fingerprint density at radius 1 is 1.26 bits per heavy atom. The largest absolute Gasteiger partial charge is 0.494 e. The van der Waals surface area contributed by atoms with E-state index in [-0.39, 0.29) is 18.4 Å². The predicted molar refractivity (Wildman–Crippen MR) is 69.2 cm³/mol. The first-order valence-corrected chi connectivity index (χ1v) is 5.61. The van der Waals surface area contributed by atoms with Crippen LogP contribution < -0.4 is 5.32 Å². The molecule has 0 bridgehead atoms. The van der Waals surface area contributed by atoms with Crippen LogP contribution >= 0.6 is 0 Å². The maximum atomic E-state index is 11.4. The van der Waals surface area contributed by atoms with Crippen molar-refractivity contribution in [2.75, 3.05) is 12.4 Å². The number of rotatable bonds is 4. The zero-order chi connectivity index (χ0) is 13.8. The fourth-order valence-electron chi connectivity index (χ4n) is 1.65. The summed E-state index contributed by atoms with van der Waals surface area (Å²) in [6.07, 6.45) is 0. The summed E-state index contributed by atoms with van der Waals surface area (Å²) in [5.74, 6) is -0.515. The van der Waals surface area contributed by atoms with Gasteiger partial charge in [-0.05, 0) is 18.2 Å². The molecular weight excluding hydrogens is 248 g/mol. The minimum absolute atomic E-state index is 0.0471. The molecule has 0 atom stereocenters. The number of carbonyl (C=O) groups excluding carboxylic acids is 1. The van der Waals surface area contributed by atoms with Gasteiger partial charge in [-0.25, -0.2) is 4.79 Å². The number of esters is 1. The molecule has 0 saturated carbocycles. The summed E-state index contributed by atoms with van der Waals surface area (Å²) in [6.45, 7) is 0.176. The average molecular weight is 262 g/mol.